The molecule has 2 N–H and O–H groups in total. The van der Waals surface area contributed by atoms with Crippen molar-refractivity contribution in [2.75, 3.05) is 19.6 Å². The van der Waals surface area contributed by atoms with E-state index in [9.17, 15) is 4.79 Å². The van der Waals surface area contributed by atoms with Crippen LogP contribution >= 0.6 is 11.6 Å². The second-order valence-corrected chi connectivity index (χ2v) is 8.52. The molecule has 144 valence electrons. The van der Waals surface area contributed by atoms with Crippen molar-refractivity contribution in [1.29, 1.82) is 0 Å². The fourth-order valence-electron chi connectivity index (χ4n) is 4.19. The van der Waals surface area contributed by atoms with Gasteiger partial charge in [-0.2, -0.15) is 5.10 Å². The van der Waals surface area contributed by atoms with Gasteiger partial charge < -0.3 is 5.32 Å². The number of amides is 1. The second kappa shape index (κ2) is 7.64. The molecule has 2 heterocycles. The fourth-order valence-corrected chi connectivity index (χ4v) is 4.32. The lowest BCUT2D eigenvalue weighted by molar-refractivity contribution is -0.123. The predicted molar refractivity (Wildman–Crippen MR) is 107 cm³/mol. The summed E-state index contributed by atoms with van der Waals surface area (Å²) in [4.78, 5) is 15.3. The van der Waals surface area contributed by atoms with E-state index >= 15 is 0 Å². The molecular formula is C21H27ClN4O. The first-order valence-electron chi connectivity index (χ1n) is 9.83. The number of aromatic nitrogens is 2. The Morgan fingerprint density at radius 1 is 1.37 bits per heavy atom. The van der Waals surface area contributed by atoms with Crippen LogP contribution in [-0.4, -0.2) is 40.6 Å². The molecule has 2 aromatic rings. The number of nitrogens with zero attached hydrogens (tertiary/aromatic N) is 2. The van der Waals surface area contributed by atoms with Crippen LogP contribution in [-0.2, 0) is 16.8 Å². The highest BCUT2D eigenvalue weighted by Crippen LogP contribution is 2.48. The SMILES string of the molecule is Cc1cc(CN2CCC[C@H](CNC(=O)C3(c4ccc(Cl)cc4)CC3)C2)n[nH]1. The first-order valence-corrected chi connectivity index (χ1v) is 10.2. The number of aryl methyl sites for hydroxylation is 1. The van der Waals surface area contributed by atoms with Crippen LogP contribution in [0, 0.1) is 12.8 Å². The predicted octanol–water partition coefficient (Wildman–Crippen LogP) is 3.43. The maximum Gasteiger partial charge on any atom is 0.230 e. The largest absolute Gasteiger partial charge is 0.355 e. The van der Waals surface area contributed by atoms with Gasteiger partial charge in [-0.25, -0.2) is 0 Å². The molecule has 0 radical (unpaired) electrons. The Labute approximate surface area is 165 Å². The molecule has 1 aliphatic heterocycles. The zero-order valence-electron chi connectivity index (χ0n) is 15.8. The van der Waals surface area contributed by atoms with Crippen LogP contribution in [0.5, 0.6) is 0 Å². The van der Waals surface area contributed by atoms with E-state index in [0.29, 0.717) is 10.9 Å². The second-order valence-electron chi connectivity index (χ2n) is 8.08. The number of benzene rings is 1. The van der Waals surface area contributed by atoms with Crippen molar-refractivity contribution >= 4 is 17.5 Å². The number of H-pyrrole nitrogens is 1. The number of likely N-dealkylation sites (tertiary alicyclic amines) is 1. The molecule has 1 atom stereocenters. The molecule has 1 aromatic carbocycles. The Morgan fingerprint density at radius 2 is 2.15 bits per heavy atom. The van der Waals surface area contributed by atoms with Crippen LogP contribution in [0.1, 0.15) is 42.6 Å². The molecule has 1 amide bonds. The number of carbonyl (C=O) groups is 1. The normalized spacial score (nSPS) is 21.8. The summed E-state index contributed by atoms with van der Waals surface area (Å²) in [5, 5.41) is 11.3. The van der Waals surface area contributed by atoms with Gasteiger partial charge in [0.1, 0.15) is 0 Å². The maximum absolute atomic E-state index is 12.9. The number of hydrogen-bond acceptors (Lipinski definition) is 3. The van der Waals surface area contributed by atoms with Gasteiger partial charge in [0.25, 0.3) is 0 Å². The minimum absolute atomic E-state index is 0.171. The molecule has 6 heteroatoms. The van der Waals surface area contributed by atoms with Gasteiger partial charge in [0, 0.05) is 30.4 Å². The molecule has 1 aliphatic carbocycles. The Bertz CT molecular complexity index is 797. The molecule has 1 saturated heterocycles. The molecule has 0 spiro atoms. The topological polar surface area (TPSA) is 61.0 Å². The van der Waals surface area contributed by atoms with Crippen LogP contribution in [0.2, 0.25) is 5.02 Å². The first kappa shape index (κ1) is 18.5. The standard InChI is InChI=1S/C21H27ClN4O/c1-15-11-19(25-24-15)14-26-10-2-3-16(13-26)12-23-20(27)21(8-9-21)17-4-6-18(22)7-5-17/h4-7,11,16H,2-3,8-10,12-14H2,1H3,(H,23,27)(H,24,25)/t16-/m1/s1. The minimum Gasteiger partial charge on any atom is -0.355 e. The van der Waals surface area contributed by atoms with E-state index in [1.807, 2.05) is 31.2 Å². The van der Waals surface area contributed by atoms with Gasteiger partial charge >= 0.3 is 0 Å². The van der Waals surface area contributed by atoms with E-state index < -0.39 is 0 Å². The van der Waals surface area contributed by atoms with Gasteiger partial charge in [0.15, 0.2) is 0 Å². The third-order valence-electron chi connectivity index (χ3n) is 5.88. The van der Waals surface area contributed by atoms with Crippen LogP contribution < -0.4 is 5.32 Å². The smallest absolute Gasteiger partial charge is 0.230 e. The van der Waals surface area contributed by atoms with Crippen LogP contribution in [0.3, 0.4) is 0 Å². The monoisotopic (exact) mass is 386 g/mol. The highest BCUT2D eigenvalue weighted by molar-refractivity contribution is 6.30. The Hall–Kier alpha value is -1.85. The number of rotatable bonds is 6. The number of carbonyl (C=O) groups excluding carboxylic acids is 1. The summed E-state index contributed by atoms with van der Waals surface area (Å²) in [7, 11) is 0. The van der Waals surface area contributed by atoms with E-state index in [1.54, 1.807) is 0 Å². The van der Waals surface area contributed by atoms with Gasteiger partial charge in [-0.3, -0.25) is 14.8 Å². The number of halogens is 1. The maximum atomic E-state index is 12.9. The lowest BCUT2D eigenvalue weighted by Crippen LogP contribution is -2.43. The Balaban J connectivity index is 1.30. The van der Waals surface area contributed by atoms with E-state index in [-0.39, 0.29) is 11.3 Å². The van der Waals surface area contributed by atoms with Crippen molar-refractivity contribution in [3.8, 4) is 0 Å². The molecule has 4 rings (SSSR count). The Kier molecular flexibility index (Phi) is 5.24. The van der Waals surface area contributed by atoms with E-state index in [1.165, 1.54) is 12.8 Å². The molecule has 2 aliphatic rings. The van der Waals surface area contributed by atoms with Gasteiger partial charge in [-0.1, -0.05) is 23.7 Å². The van der Waals surface area contributed by atoms with Gasteiger partial charge in [0.05, 0.1) is 11.1 Å². The van der Waals surface area contributed by atoms with Crippen LogP contribution in [0.15, 0.2) is 30.3 Å². The lowest BCUT2D eigenvalue weighted by atomic mass is 9.93. The molecule has 5 nitrogen and oxygen atoms in total. The summed E-state index contributed by atoms with van der Waals surface area (Å²) in [5.74, 6) is 0.675. The van der Waals surface area contributed by atoms with Crippen molar-refractivity contribution in [3.05, 3.63) is 52.3 Å². The molecule has 1 aromatic heterocycles. The van der Waals surface area contributed by atoms with Crippen molar-refractivity contribution < 1.29 is 4.79 Å². The minimum atomic E-state index is -0.328. The summed E-state index contributed by atoms with van der Waals surface area (Å²) in [6.07, 6.45) is 4.20. The molecule has 27 heavy (non-hydrogen) atoms. The number of nitrogens with one attached hydrogen (secondary N) is 2. The van der Waals surface area contributed by atoms with Crippen LogP contribution in [0.4, 0.5) is 0 Å². The summed E-state index contributed by atoms with van der Waals surface area (Å²) >= 11 is 5.99. The van der Waals surface area contributed by atoms with Crippen LogP contribution in [0.25, 0.3) is 0 Å². The third-order valence-corrected chi connectivity index (χ3v) is 6.13. The summed E-state index contributed by atoms with van der Waals surface area (Å²) < 4.78 is 0. The molecular weight excluding hydrogens is 360 g/mol. The molecule has 2 fully saturated rings. The molecule has 0 bridgehead atoms. The highest BCUT2D eigenvalue weighted by Gasteiger charge is 2.51. The van der Waals surface area contributed by atoms with Crippen molar-refractivity contribution in [3.63, 3.8) is 0 Å². The van der Waals surface area contributed by atoms with Gasteiger partial charge in [0.2, 0.25) is 5.91 Å². The fraction of sp³-hybridized carbons (Fsp3) is 0.524. The lowest BCUT2D eigenvalue weighted by Gasteiger charge is -2.32. The third kappa shape index (κ3) is 4.19. The van der Waals surface area contributed by atoms with Crippen molar-refractivity contribution in [2.24, 2.45) is 5.92 Å². The first-order chi connectivity index (χ1) is 13.0. The quantitative estimate of drug-likeness (QED) is 0.799. The van der Waals surface area contributed by atoms with Gasteiger partial charge in [-0.15, -0.1) is 0 Å². The van der Waals surface area contributed by atoms with Crippen molar-refractivity contribution in [1.82, 2.24) is 20.4 Å². The molecule has 1 saturated carbocycles. The van der Waals surface area contributed by atoms with E-state index in [0.717, 1.165) is 56.0 Å². The van der Waals surface area contributed by atoms with E-state index in [4.69, 9.17) is 11.6 Å². The van der Waals surface area contributed by atoms with Gasteiger partial charge in [-0.05, 0) is 68.8 Å². The zero-order chi connectivity index (χ0) is 18.9. The number of aromatic amines is 1. The average Bonchev–Trinajstić information content (AvgIpc) is 3.38. The molecule has 0 unspecified atom stereocenters. The highest BCUT2D eigenvalue weighted by atomic mass is 35.5. The van der Waals surface area contributed by atoms with Crippen molar-refractivity contribution in [2.45, 2.75) is 44.6 Å². The number of hydrogen-bond donors (Lipinski definition) is 2. The number of piperidine rings is 1. The average molecular weight is 387 g/mol. The summed E-state index contributed by atoms with van der Waals surface area (Å²) in [6.45, 7) is 5.78. The summed E-state index contributed by atoms with van der Waals surface area (Å²) in [6, 6.07) is 9.83. The van der Waals surface area contributed by atoms with E-state index in [2.05, 4.69) is 26.5 Å². The Morgan fingerprint density at radius 3 is 2.81 bits per heavy atom. The summed E-state index contributed by atoms with van der Waals surface area (Å²) in [5.41, 5.74) is 2.95. The zero-order valence-corrected chi connectivity index (χ0v) is 16.6.